The van der Waals surface area contributed by atoms with Crippen LogP contribution in [-0.2, 0) is 16.0 Å². The fourth-order valence-electron chi connectivity index (χ4n) is 3.93. The summed E-state index contributed by atoms with van der Waals surface area (Å²) in [5.41, 5.74) is 5.68. The number of hydrogen-bond donors (Lipinski definition) is 1. The summed E-state index contributed by atoms with van der Waals surface area (Å²) >= 11 is 0. The Morgan fingerprint density at radius 3 is 2.12 bits per heavy atom. The molecule has 162 valence electrons. The fraction of sp³-hybridized carbons (Fsp3) is 0.185. The number of aromatic nitrogens is 1. The molecule has 5 nitrogen and oxygen atoms in total. The molecular formula is C27H26N2O3. The number of H-pyrrole nitrogens is 1. The molecule has 0 saturated carbocycles. The summed E-state index contributed by atoms with van der Waals surface area (Å²) in [7, 11) is 3.05. The number of methoxy groups -OCH3 is 2. The molecule has 0 aliphatic heterocycles. The Morgan fingerprint density at radius 2 is 1.56 bits per heavy atom. The second-order valence-corrected chi connectivity index (χ2v) is 7.59. The molecule has 1 atom stereocenters. The van der Waals surface area contributed by atoms with E-state index in [0.29, 0.717) is 6.42 Å². The highest BCUT2D eigenvalue weighted by atomic mass is 16.5. The van der Waals surface area contributed by atoms with Crippen molar-refractivity contribution in [3.8, 4) is 5.75 Å². The average Bonchev–Trinajstić information content (AvgIpc) is 3.16. The number of rotatable bonds is 7. The molecule has 4 aromatic rings. The van der Waals surface area contributed by atoms with Crippen LogP contribution in [0, 0.1) is 6.92 Å². The van der Waals surface area contributed by atoms with Crippen LogP contribution in [-0.4, -0.2) is 36.9 Å². The molecule has 5 heteroatoms. The second-order valence-electron chi connectivity index (χ2n) is 7.59. The SMILES string of the molecule is COC(=O)[C@@H](Cc1c(C)[nH]c2ccc(OC)cc12)N=C(c1ccccc1)c1ccccc1. The summed E-state index contributed by atoms with van der Waals surface area (Å²) < 4.78 is 10.6. The number of aryl methyl sites for hydroxylation is 1. The molecule has 1 aromatic heterocycles. The Hall–Kier alpha value is -3.86. The molecule has 0 fully saturated rings. The zero-order chi connectivity index (χ0) is 22.5. The minimum absolute atomic E-state index is 0.369. The molecule has 0 saturated heterocycles. The predicted octanol–water partition coefficient (Wildman–Crippen LogP) is 5.11. The van der Waals surface area contributed by atoms with Gasteiger partial charge in [0.1, 0.15) is 5.75 Å². The van der Waals surface area contributed by atoms with Crippen LogP contribution in [0.4, 0.5) is 0 Å². The summed E-state index contributed by atoms with van der Waals surface area (Å²) in [6.45, 7) is 2.01. The van der Waals surface area contributed by atoms with Crippen molar-refractivity contribution in [1.82, 2.24) is 4.98 Å². The number of esters is 1. The van der Waals surface area contributed by atoms with Crippen molar-refractivity contribution in [2.75, 3.05) is 14.2 Å². The normalized spacial score (nSPS) is 11.7. The van der Waals surface area contributed by atoms with Crippen molar-refractivity contribution in [1.29, 1.82) is 0 Å². The van der Waals surface area contributed by atoms with E-state index in [1.807, 2.05) is 85.8 Å². The molecule has 4 rings (SSSR count). The number of hydrogen-bond acceptors (Lipinski definition) is 4. The highest BCUT2D eigenvalue weighted by Crippen LogP contribution is 2.28. The molecule has 3 aromatic carbocycles. The van der Waals surface area contributed by atoms with Gasteiger partial charge in [0.15, 0.2) is 6.04 Å². The lowest BCUT2D eigenvalue weighted by atomic mass is 9.99. The maximum Gasteiger partial charge on any atom is 0.330 e. The summed E-state index contributed by atoms with van der Waals surface area (Å²) in [6.07, 6.45) is 0.412. The van der Waals surface area contributed by atoms with Crippen LogP contribution in [0.3, 0.4) is 0 Å². The Balaban J connectivity index is 1.82. The molecule has 1 N–H and O–H groups in total. The molecule has 0 radical (unpaired) electrons. The quantitative estimate of drug-likeness (QED) is 0.330. The van der Waals surface area contributed by atoms with Gasteiger partial charge in [-0.15, -0.1) is 0 Å². The summed E-state index contributed by atoms with van der Waals surface area (Å²) in [6, 6.07) is 25.0. The van der Waals surface area contributed by atoms with Crippen molar-refractivity contribution in [3.05, 3.63) is 101 Å². The Labute approximate surface area is 187 Å². The topological polar surface area (TPSA) is 63.7 Å². The van der Waals surface area contributed by atoms with E-state index < -0.39 is 6.04 Å². The Bertz CT molecular complexity index is 1200. The van der Waals surface area contributed by atoms with Crippen LogP contribution in [0.25, 0.3) is 10.9 Å². The number of aromatic amines is 1. The summed E-state index contributed by atoms with van der Waals surface area (Å²) in [5, 5.41) is 1.02. The highest BCUT2D eigenvalue weighted by molar-refractivity contribution is 6.13. The molecule has 0 aliphatic carbocycles. The maximum absolute atomic E-state index is 12.8. The number of carbonyl (C=O) groups is 1. The van der Waals surface area contributed by atoms with E-state index in [-0.39, 0.29) is 5.97 Å². The average molecular weight is 427 g/mol. The van der Waals surface area contributed by atoms with Crippen molar-refractivity contribution in [3.63, 3.8) is 0 Å². The van der Waals surface area contributed by atoms with Gasteiger partial charge in [-0.2, -0.15) is 0 Å². The van der Waals surface area contributed by atoms with Crippen LogP contribution in [0.5, 0.6) is 5.75 Å². The van der Waals surface area contributed by atoms with E-state index in [4.69, 9.17) is 14.5 Å². The molecule has 0 aliphatic rings. The van der Waals surface area contributed by atoms with Gasteiger partial charge in [0, 0.05) is 34.1 Å². The number of carbonyl (C=O) groups excluding carboxylic acids is 1. The molecule has 1 heterocycles. The number of benzene rings is 3. The number of ether oxygens (including phenoxy) is 2. The maximum atomic E-state index is 12.8. The van der Waals surface area contributed by atoms with E-state index in [9.17, 15) is 4.79 Å². The van der Waals surface area contributed by atoms with Gasteiger partial charge in [0.2, 0.25) is 0 Å². The standard InChI is InChI=1S/C27H26N2O3/c1-18-22(23-16-21(31-2)14-15-24(23)28-18)17-25(27(30)32-3)29-26(19-10-6-4-7-11-19)20-12-8-5-9-13-20/h4-16,25,28H,17H2,1-3H3/t25-/m1/s1. The van der Waals surface area contributed by atoms with Crippen molar-refractivity contribution < 1.29 is 14.3 Å². The Kier molecular flexibility index (Phi) is 6.36. The number of fused-ring (bicyclic) bond motifs is 1. The van der Waals surface area contributed by atoms with Gasteiger partial charge in [-0.3, -0.25) is 4.99 Å². The van der Waals surface area contributed by atoms with Crippen molar-refractivity contribution >= 4 is 22.6 Å². The van der Waals surface area contributed by atoms with Gasteiger partial charge in [0.25, 0.3) is 0 Å². The van der Waals surface area contributed by atoms with Crippen LogP contribution < -0.4 is 4.74 Å². The Morgan fingerprint density at radius 1 is 0.938 bits per heavy atom. The molecule has 0 amide bonds. The second kappa shape index (κ2) is 9.52. The van der Waals surface area contributed by atoms with Gasteiger partial charge in [0.05, 0.1) is 19.9 Å². The van der Waals surface area contributed by atoms with Gasteiger partial charge < -0.3 is 14.5 Å². The highest BCUT2D eigenvalue weighted by Gasteiger charge is 2.24. The number of nitrogens with one attached hydrogen (secondary N) is 1. The first-order valence-electron chi connectivity index (χ1n) is 10.5. The van der Waals surface area contributed by atoms with E-state index in [2.05, 4.69) is 4.98 Å². The van der Waals surface area contributed by atoms with E-state index in [1.165, 1.54) is 7.11 Å². The lowest BCUT2D eigenvalue weighted by Crippen LogP contribution is -2.25. The van der Waals surface area contributed by atoms with Crippen molar-refractivity contribution in [2.45, 2.75) is 19.4 Å². The van der Waals surface area contributed by atoms with Crippen molar-refractivity contribution in [2.24, 2.45) is 4.99 Å². The van der Waals surface area contributed by atoms with Gasteiger partial charge in [-0.05, 0) is 30.7 Å². The van der Waals surface area contributed by atoms with Crippen LogP contribution >= 0.6 is 0 Å². The summed E-state index contributed by atoms with van der Waals surface area (Å²) in [5.74, 6) is 0.399. The first kappa shape index (κ1) is 21.4. The van der Waals surface area contributed by atoms with Gasteiger partial charge in [-0.1, -0.05) is 60.7 Å². The first-order valence-corrected chi connectivity index (χ1v) is 10.5. The minimum atomic E-state index is -0.695. The molecule has 0 unspecified atom stereocenters. The molecule has 0 spiro atoms. The first-order chi connectivity index (χ1) is 15.6. The molecular weight excluding hydrogens is 400 g/mol. The third kappa shape index (κ3) is 4.42. The van der Waals surface area contributed by atoms with Crippen LogP contribution in [0.15, 0.2) is 83.9 Å². The molecule has 32 heavy (non-hydrogen) atoms. The van der Waals surface area contributed by atoms with Gasteiger partial charge in [-0.25, -0.2) is 4.79 Å². The van der Waals surface area contributed by atoms with Gasteiger partial charge >= 0.3 is 5.97 Å². The number of nitrogens with zero attached hydrogens (tertiary/aromatic N) is 1. The van der Waals surface area contributed by atoms with E-state index in [1.54, 1.807) is 7.11 Å². The zero-order valence-corrected chi connectivity index (χ0v) is 18.5. The monoisotopic (exact) mass is 426 g/mol. The lowest BCUT2D eigenvalue weighted by molar-refractivity contribution is -0.142. The fourth-order valence-corrected chi connectivity index (χ4v) is 3.93. The third-order valence-corrected chi connectivity index (χ3v) is 5.58. The molecule has 0 bridgehead atoms. The lowest BCUT2D eigenvalue weighted by Gasteiger charge is -2.15. The zero-order valence-electron chi connectivity index (χ0n) is 18.5. The minimum Gasteiger partial charge on any atom is -0.497 e. The van der Waals surface area contributed by atoms with Crippen LogP contribution in [0.2, 0.25) is 0 Å². The third-order valence-electron chi connectivity index (χ3n) is 5.58. The largest absolute Gasteiger partial charge is 0.497 e. The predicted molar refractivity (Wildman–Crippen MR) is 128 cm³/mol. The van der Waals surface area contributed by atoms with E-state index >= 15 is 0 Å². The number of aliphatic imine (C=N–C) groups is 1. The van der Waals surface area contributed by atoms with E-state index in [0.717, 1.165) is 44.7 Å². The smallest absolute Gasteiger partial charge is 0.330 e. The summed E-state index contributed by atoms with van der Waals surface area (Å²) in [4.78, 5) is 21.2. The van der Waals surface area contributed by atoms with Crippen LogP contribution in [0.1, 0.15) is 22.4 Å².